The van der Waals surface area contributed by atoms with Crippen molar-refractivity contribution < 1.29 is 19.4 Å². The number of hydrogen-bond donors (Lipinski definition) is 1. The maximum Gasteiger partial charge on any atom is 0.326 e. The summed E-state index contributed by atoms with van der Waals surface area (Å²) in [7, 11) is 1.55. The lowest BCUT2D eigenvalue weighted by atomic mass is 10.1. The Labute approximate surface area is 150 Å². The van der Waals surface area contributed by atoms with Gasteiger partial charge < -0.3 is 14.7 Å². The fraction of sp³-hybridized carbons (Fsp3) is 0.500. The van der Waals surface area contributed by atoms with Crippen molar-refractivity contribution in [1.82, 2.24) is 9.88 Å². The predicted molar refractivity (Wildman–Crippen MR) is 95.7 cm³/mol. The Bertz CT molecular complexity index is 727. The zero-order valence-electron chi connectivity index (χ0n) is 14.2. The molecule has 2 aromatic rings. The van der Waals surface area contributed by atoms with Gasteiger partial charge in [-0.05, 0) is 31.4 Å². The van der Waals surface area contributed by atoms with Gasteiger partial charge in [0.1, 0.15) is 6.04 Å². The summed E-state index contributed by atoms with van der Waals surface area (Å²) in [5.74, 6) is -1.06. The van der Waals surface area contributed by atoms with Crippen molar-refractivity contribution in [3.05, 3.63) is 29.3 Å². The lowest BCUT2D eigenvalue weighted by Gasteiger charge is -2.21. The molecular weight excluding hydrogens is 340 g/mol. The number of hydrogen-bond acceptors (Lipinski definition) is 5. The lowest BCUT2D eigenvalue weighted by molar-refractivity contribution is -0.148. The Balaban J connectivity index is 1.48. The number of thiazole rings is 1. The third-order valence-corrected chi connectivity index (χ3v) is 5.67. The average Bonchev–Trinajstić information content (AvgIpc) is 3.22. The van der Waals surface area contributed by atoms with Crippen LogP contribution in [0, 0.1) is 0 Å². The summed E-state index contributed by atoms with van der Waals surface area (Å²) in [6.45, 7) is 0.365. The molecule has 2 heterocycles. The number of fused-ring (bicyclic) bond motifs is 1. The van der Waals surface area contributed by atoms with Crippen LogP contribution in [0.25, 0.3) is 10.2 Å². The number of likely N-dealkylation sites (tertiary alicyclic amines) is 1. The molecule has 1 aliphatic rings. The van der Waals surface area contributed by atoms with E-state index in [1.165, 1.54) is 9.60 Å². The van der Waals surface area contributed by atoms with Crippen LogP contribution in [-0.4, -0.2) is 52.7 Å². The Morgan fingerprint density at radius 1 is 1.36 bits per heavy atom. The van der Waals surface area contributed by atoms with Crippen LogP contribution in [0.5, 0.6) is 0 Å². The molecule has 134 valence electrons. The highest BCUT2D eigenvalue weighted by molar-refractivity contribution is 7.18. The van der Waals surface area contributed by atoms with E-state index in [0.29, 0.717) is 19.4 Å². The van der Waals surface area contributed by atoms with Crippen LogP contribution in [-0.2, 0) is 20.7 Å². The highest BCUT2D eigenvalue weighted by Crippen LogP contribution is 2.24. The van der Waals surface area contributed by atoms with Crippen molar-refractivity contribution >= 4 is 33.4 Å². The van der Waals surface area contributed by atoms with Gasteiger partial charge in [0, 0.05) is 26.5 Å². The fourth-order valence-corrected chi connectivity index (χ4v) is 4.21. The SMILES string of the molecule is COC1CC(C(=O)O)N(C(=O)CCCCc2nc3ccccc3s2)C1. The van der Waals surface area contributed by atoms with Crippen molar-refractivity contribution in [2.24, 2.45) is 0 Å². The second-order valence-corrected chi connectivity index (χ2v) is 7.39. The number of rotatable bonds is 7. The number of carboxylic acid groups (broad SMARTS) is 1. The maximum atomic E-state index is 12.4. The van der Waals surface area contributed by atoms with Gasteiger partial charge in [0.25, 0.3) is 0 Å². The summed E-state index contributed by atoms with van der Waals surface area (Å²) in [4.78, 5) is 29.7. The van der Waals surface area contributed by atoms with Gasteiger partial charge >= 0.3 is 5.97 Å². The molecule has 1 amide bonds. The molecular formula is C18H22N2O4S. The number of benzene rings is 1. The van der Waals surface area contributed by atoms with E-state index < -0.39 is 12.0 Å². The summed E-state index contributed by atoms with van der Waals surface area (Å²) in [6, 6.07) is 7.29. The van der Waals surface area contributed by atoms with Gasteiger partial charge in [0.15, 0.2) is 0 Å². The van der Waals surface area contributed by atoms with Crippen LogP contribution in [0.2, 0.25) is 0 Å². The Morgan fingerprint density at radius 3 is 2.88 bits per heavy atom. The standard InChI is InChI=1S/C18H22N2O4S/c1-24-12-10-14(18(22)23)20(11-12)17(21)9-5-4-8-16-19-13-6-2-3-7-15(13)25-16/h2-3,6-7,12,14H,4-5,8-11H2,1H3,(H,22,23). The number of aliphatic carboxylic acids is 1. The predicted octanol–water partition coefficient (Wildman–Crippen LogP) is 2.71. The quantitative estimate of drug-likeness (QED) is 0.766. The number of para-hydroxylation sites is 1. The molecule has 0 radical (unpaired) electrons. The average molecular weight is 362 g/mol. The molecule has 3 rings (SSSR count). The van der Waals surface area contributed by atoms with Crippen LogP contribution in [0.15, 0.2) is 24.3 Å². The smallest absolute Gasteiger partial charge is 0.326 e. The molecule has 1 saturated heterocycles. The van der Waals surface area contributed by atoms with Gasteiger partial charge in [-0.1, -0.05) is 12.1 Å². The van der Waals surface area contributed by atoms with E-state index in [4.69, 9.17) is 4.74 Å². The first-order valence-corrected chi connectivity index (χ1v) is 9.29. The third kappa shape index (κ3) is 4.16. The maximum absolute atomic E-state index is 12.4. The largest absolute Gasteiger partial charge is 0.480 e. The number of aryl methyl sites for hydroxylation is 1. The molecule has 25 heavy (non-hydrogen) atoms. The molecule has 6 nitrogen and oxygen atoms in total. The van der Waals surface area contributed by atoms with Crippen molar-refractivity contribution in [3.8, 4) is 0 Å². The van der Waals surface area contributed by atoms with Crippen LogP contribution in [0.3, 0.4) is 0 Å². The first kappa shape index (κ1) is 17.8. The molecule has 1 aromatic heterocycles. The Morgan fingerprint density at radius 2 is 2.16 bits per heavy atom. The van der Waals surface area contributed by atoms with Gasteiger partial charge in [0.05, 0.1) is 21.3 Å². The molecule has 0 spiro atoms. The minimum atomic E-state index is -0.956. The number of methoxy groups -OCH3 is 1. The fourth-order valence-electron chi connectivity index (χ4n) is 3.20. The summed E-state index contributed by atoms with van der Waals surface area (Å²) < 4.78 is 6.40. The second-order valence-electron chi connectivity index (χ2n) is 6.28. The number of carboxylic acids is 1. The van der Waals surface area contributed by atoms with Crippen molar-refractivity contribution in [1.29, 1.82) is 0 Å². The Kier molecular flexibility index (Phi) is 5.65. The minimum Gasteiger partial charge on any atom is -0.480 e. The minimum absolute atomic E-state index is 0.101. The lowest BCUT2D eigenvalue weighted by Crippen LogP contribution is -2.40. The molecule has 0 bridgehead atoms. The molecule has 1 aliphatic heterocycles. The normalized spacial score (nSPS) is 20.3. The monoisotopic (exact) mass is 362 g/mol. The highest BCUT2D eigenvalue weighted by Gasteiger charge is 2.39. The molecule has 0 aliphatic carbocycles. The number of carbonyl (C=O) groups excluding carboxylic acids is 1. The number of unbranched alkanes of at least 4 members (excludes halogenated alkanes) is 1. The van der Waals surface area contributed by atoms with E-state index in [1.54, 1.807) is 18.4 Å². The van der Waals surface area contributed by atoms with Crippen LogP contribution in [0.4, 0.5) is 0 Å². The van der Waals surface area contributed by atoms with Crippen molar-refractivity contribution in [3.63, 3.8) is 0 Å². The van der Waals surface area contributed by atoms with Gasteiger partial charge in [-0.2, -0.15) is 0 Å². The third-order valence-electron chi connectivity index (χ3n) is 4.57. The molecule has 2 unspecified atom stereocenters. The Hall–Kier alpha value is -1.99. The van der Waals surface area contributed by atoms with Gasteiger partial charge in [-0.25, -0.2) is 9.78 Å². The first-order valence-electron chi connectivity index (χ1n) is 8.48. The number of aromatic nitrogens is 1. The van der Waals surface area contributed by atoms with E-state index >= 15 is 0 Å². The van der Waals surface area contributed by atoms with Gasteiger partial charge in [-0.3, -0.25) is 4.79 Å². The van der Waals surface area contributed by atoms with Crippen LogP contribution in [0.1, 0.15) is 30.7 Å². The molecule has 0 saturated carbocycles. The second kappa shape index (κ2) is 7.93. The van der Waals surface area contributed by atoms with E-state index in [0.717, 1.165) is 29.8 Å². The summed E-state index contributed by atoms with van der Waals surface area (Å²) >= 11 is 1.69. The molecule has 7 heteroatoms. The van der Waals surface area contributed by atoms with E-state index in [9.17, 15) is 14.7 Å². The molecule has 2 atom stereocenters. The van der Waals surface area contributed by atoms with E-state index in [1.807, 2.05) is 18.2 Å². The van der Waals surface area contributed by atoms with Crippen LogP contribution >= 0.6 is 11.3 Å². The molecule has 1 N–H and O–H groups in total. The summed E-state index contributed by atoms with van der Waals surface area (Å²) in [5, 5.41) is 10.4. The van der Waals surface area contributed by atoms with Crippen molar-refractivity contribution in [2.75, 3.05) is 13.7 Å². The van der Waals surface area contributed by atoms with Crippen molar-refractivity contribution in [2.45, 2.75) is 44.2 Å². The number of amides is 1. The van der Waals surface area contributed by atoms with Gasteiger partial charge in [0.2, 0.25) is 5.91 Å². The topological polar surface area (TPSA) is 79.7 Å². The zero-order valence-corrected chi connectivity index (χ0v) is 15.0. The zero-order chi connectivity index (χ0) is 17.8. The summed E-state index contributed by atoms with van der Waals surface area (Å²) in [5.41, 5.74) is 1.02. The number of carbonyl (C=O) groups is 2. The number of nitrogens with zero attached hydrogens (tertiary/aromatic N) is 2. The van der Waals surface area contributed by atoms with Gasteiger partial charge in [-0.15, -0.1) is 11.3 Å². The number of ether oxygens (including phenoxy) is 1. The van der Waals surface area contributed by atoms with Crippen LogP contribution < -0.4 is 0 Å². The highest BCUT2D eigenvalue weighted by atomic mass is 32.1. The van der Waals surface area contributed by atoms with E-state index in [2.05, 4.69) is 11.1 Å². The molecule has 1 aromatic carbocycles. The molecule has 1 fully saturated rings. The first-order chi connectivity index (χ1) is 12.1. The summed E-state index contributed by atoms with van der Waals surface area (Å²) in [6.07, 6.45) is 2.98. The van der Waals surface area contributed by atoms with E-state index in [-0.39, 0.29) is 12.0 Å².